The molecule has 17 heavy (non-hydrogen) atoms. The van der Waals surface area contributed by atoms with E-state index in [2.05, 4.69) is 24.3 Å². The summed E-state index contributed by atoms with van der Waals surface area (Å²) in [6.45, 7) is 3.22. The van der Waals surface area contributed by atoms with E-state index in [9.17, 15) is 0 Å². The number of nitrogens with two attached hydrogens (primary N) is 1. The lowest BCUT2D eigenvalue weighted by molar-refractivity contribution is 0.340. The molecule has 0 spiro atoms. The zero-order valence-electron chi connectivity index (χ0n) is 10.0. The van der Waals surface area contributed by atoms with E-state index in [1.807, 2.05) is 31.2 Å². The number of hydrogen-bond donors (Lipinski definition) is 1. The largest absolute Gasteiger partial charge is 0.494 e. The van der Waals surface area contributed by atoms with Crippen molar-refractivity contribution in [2.45, 2.75) is 13.5 Å². The summed E-state index contributed by atoms with van der Waals surface area (Å²) in [6, 6.07) is 16.3. The maximum Gasteiger partial charge on any atom is 0.119 e. The van der Waals surface area contributed by atoms with E-state index in [4.69, 9.17) is 10.5 Å². The Morgan fingerprint density at radius 3 is 2.65 bits per heavy atom. The zero-order chi connectivity index (χ0) is 12.1. The molecule has 0 atom stereocenters. The van der Waals surface area contributed by atoms with Gasteiger partial charge >= 0.3 is 0 Å². The first-order chi connectivity index (χ1) is 8.35. The molecule has 0 aliphatic heterocycles. The average Bonchev–Trinajstić information content (AvgIpc) is 2.39. The van der Waals surface area contributed by atoms with Crippen LogP contribution in [0, 0.1) is 0 Å². The van der Waals surface area contributed by atoms with Crippen molar-refractivity contribution in [3.05, 3.63) is 54.1 Å². The van der Waals surface area contributed by atoms with E-state index in [0.717, 1.165) is 16.9 Å². The molecule has 0 heterocycles. The quantitative estimate of drug-likeness (QED) is 0.870. The molecule has 0 amide bonds. The van der Waals surface area contributed by atoms with Crippen molar-refractivity contribution in [1.82, 2.24) is 0 Å². The highest BCUT2D eigenvalue weighted by atomic mass is 16.5. The van der Waals surface area contributed by atoms with Gasteiger partial charge in [-0.25, -0.2) is 0 Å². The van der Waals surface area contributed by atoms with E-state index in [1.54, 1.807) is 0 Å². The maximum absolute atomic E-state index is 5.75. The van der Waals surface area contributed by atoms with Gasteiger partial charge in [0.1, 0.15) is 5.75 Å². The van der Waals surface area contributed by atoms with Gasteiger partial charge in [0.25, 0.3) is 0 Å². The lowest BCUT2D eigenvalue weighted by Gasteiger charge is -2.09. The highest BCUT2D eigenvalue weighted by Crippen LogP contribution is 2.26. The van der Waals surface area contributed by atoms with Crippen molar-refractivity contribution in [2.75, 3.05) is 6.61 Å². The second kappa shape index (κ2) is 5.51. The molecule has 2 aromatic rings. The Labute approximate surface area is 102 Å². The smallest absolute Gasteiger partial charge is 0.119 e. The number of rotatable bonds is 4. The van der Waals surface area contributed by atoms with Crippen molar-refractivity contribution < 1.29 is 4.74 Å². The van der Waals surface area contributed by atoms with Gasteiger partial charge in [-0.05, 0) is 35.7 Å². The van der Waals surface area contributed by atoms with E-state index in [1.165, 1.54) is 5.56 Å². The van der Waals surface area contributed by atoms with Crippen molar-refractivity contribution in [1.29, 1.82) is 0 Å². The minimum Gasteiger partial charge on any atom is -0.494 e. The molecule has 0 aliphatic rings. The van der Waals surface area contributed by atoms with E-state index in [-0.39, 0.29) is 0 Å². The Kier molecular flexibility index (Phi) is 3.78. The van der Waals surface area contributed by atoms with Crippen LogP contribution in [0.2, 0.25) is 0 Å². The number of benzene rings is 2. The standard InChI is InChI=1S/C15H17NO/c1-2-17-14-8-5-7-12(10-14)15-9-4-3-6-13(15)11-16/h3-10H,2,11,16H2,1H3. The van der Waals surface area contributed by atoms with Gasteiger partial charge < -0.3 is 10.5 Å². The molecule has 88 valence electrons. The van der Waals surface area contributed by atoms with Crippen LogP contribution in [-0.2, 0) is 6.54 Å². The van der Waals surface area contributed by atoms with Crippen LogP contribution in [0.5, 0.6) is 5.75 Å². The van der Waals surface area contributed by atoms with Crippen molar-refractivity contribution in [3.8, 4) is 16.9 Å². The van der Waals surface area contributed by atoms with Crippen LogP contribution in [0.4, 0.5) is 0 Å². The predicted molar refractivity (Wildman–Crippen MR) is 70.9 cm³/mol. The first-order valence-electron chi connectivity index (χ1n) is 5.86. The lowest BCUT2D eigenvalue weighted by Crippen LogP contribution is -1.98. The third kappa shape index (κ3) is 2.66. The molecule has 2 rings (SSSR count). The molecule has 0 saturated carbocycles. The normalized spacial score (nSPS) is 10.2. The Hall–Kier alpha value is -1.80. The van der Waals surface area contributed by atoms with Gasteiger partial charge in [0, 0.05) is 6.54 Å². The average molecular weight is 227 g/mol. The minimum atomic E-state index is 0.551. The SMILES string of the molecule is CCOc1cccc(-c2ccccc2CN)c1. The summed E-state index contributed by atoms with van der Waals surface area (Å²) in [5, 5.41) is 0. The molecule has 0 radical (unpaired) electrons. The molecular weight excluding hydrogens is 210 g/mol. The van der Waals surface area contributed by atoms with Crippen molar-refractivity contribution >= 4 is 0 Å². The van der Waals surface area contributed by atoms with E-state index >= 15 is 0 Å². The van der Waals surface area contributed by atoms with Gasteiger partial charge in [0.05, 0.1) is 6.61 Å². The van der Waals surface area contributed by atoms with Gasteiger partial charge in [-0.15, -0.1) is 0 Å². The molecule has 0 aliphatic carbocycles. The molecule has 0 saturated heterocycles. The minimum absolute atomic E-state index is 0.551. The second-order valence-electron chi connectivity index (χ2n) is 3.82. The Morgan fingerprint density at radius 1 is 1.06 bits per heavy atom. The second-order valence-corrected chi connectivity index (χ2v) is 3.82. The van der Waals surface area contributed by atoms with Gasteiger partial charge in [-0.1, -0.05) is 36.4 Å². The third-order valence-corrected chi connectivity index (χ3v) is 2.69. The summed E-state index contributed by atoms with van der Waals surface area (Å²) in [5.74, 6) is 0.900. The Morgan fingerprint density at radius 2 is 1.88 bits per heavy atom. The predicted octanol–water partition coefficient (Wildman–Crippen LogP) is 3.21. The van der Waals surface area contributed by atoms with Crippen molar-refractivity contribution in [3.63, 3.8) is 0 Å². The molecule has 0 fully saturated rings. The number of ether oxygens (including phenoxy) is 1. The highest BCUT2D eigenvalue weighted by Gasteiger charge is 2.04. The van der Waals surface area contributed by atoms with E-state index < -0.39 is 0 Å². The topological polar surface area (TPSA) is 35.2 Å². The highest BCUT2D eigenvalue weighted by molar-refractivity contribution is 5.68. The first kappa shape index (κ1) is 11.7. The van der Waals surface area contributed by atoms with Crippen molar-refractivity contribution in [2.24, 2.45) is 5.73 Å². The Balaban J connectivity index is 2.41. The van der Waals surface area contributed by atoms with Gasteiger partial charge in [-0.2, -0.15) is 0 Å². The molecule has 2 aromatic carbocycles. The fourth-order valence-electron chi connectivity index (χ4n) is 1.90. The summed E-state index contributed by atoms with van der Waals surface area (Å²) in [6.07, 6.45) is 0. The molecule has 0 aromatic heterocycles. The fourth-order valence-corrected chi connectivity index (χ4v) is 1.90. The summed E-state index contributed by atoms with van der Waals surface area (Å²) in [7, 11) is 0. The van der Waals surface area contributed by atoms with Crippen LogP contribution in [0.3, 0.4) is 0 Å². The van der Waals surface area contributed by atoms with Crippen LogP contribution >= 0.6 is 0 Å². The zero-order valence-corrected chi connectivity index (χ0v) is 10.0. The van der Waals surface area contributed by atoms with E-state index in [0.29, 0.717) is 13.2 Å². The summed E-state index contributed by atoms with van der Waals surface area (Å²) in [5.41, 5.74) is 9.23. The molecule has 0 bridgehead atoms. The van der Waals surface area contributed by atoms with Crippen LogP contribution in [0.1, 0.15) is 12.5 Å². The third-order valence-electron chi connectivity index (χ3n) is 2.69. The lowest BCUT2D eigenvalue weighted by atomic mass is 10.00. The maximum atomic E-state index is 5.75. The van der Waals surface area contributed by atoms with Crippen LogP contribution in [0.15, 0.2) is 48.5 Å². The first-order valence-corrected chi connectivity index (χ1v) is 5.86. The van der Waals surface area contributed by atoms with Crippen LogP contribution in [-0.4, -0.2) is 6.61 Å². The summed E-state index contributed by atoms with van der Waals surface area (Å²) in [4.78, 5) is 0. The monoisotopic (exact) mass is 227 g/mol. The fraction of sp³-hybridized carbons (Fsp3) is 0.200. The molecule has 2 nitrogen and oxygen atoms in total. The number of hydrogen-bond acceptors (Lipinski definition) is 2. The Bertz CT molecular complexity index is 494. The van der Waals surface area contributed by atoms with Gasteiger partial charge in [0.15, 0.2) is 0 Å². The molecule has 2 heteroatoms. The summed E-state index contributed by atoms with van der Waals surface area (Å²) >= 11 is 0. The van der Waals surface area contributed by atoms with Gasteiger partial charge in [-0.3, -0.25) is 0 Å². The van der Waals surface area contributed by atoms with Gasteiger partial charge in [0.2, 0.25) is 0 Å². The summed E-state index contributed by atoms with van der Waals surface area (Å²) < 4.78 is 5.51. The van der Waals surface area contributed by atoms with Crippen LogP contribution < -0.4 is 10.5 Å². The molecule has 0 unspecified atom stereocenters. The van der Waals surface area contributed by atoms with Crippen LogP contribution in [0.25, 0.3) is 11.1 Å². The molecular formula is C15H17NO. The molecule has 2 N–H and O–H groups in total.